The lowest BCUT2D eigenvalue weighted by Crippen LogP contribution is -2.41. The number of rotatable bonds is 7. The molecule has 0 aliphatic rings. The van der Waals surface area contributed by atoms with Gasteiger partial charge in [-0.1, -0.05) is 42.5 Å². The van der Waals surface area contributed by atoms with Gasteiger partial charge >= 0.3 is 5.69 Å². The minimum Gasteiger partial charge on any atom is -0.492 e. The summed E-state index contributed by atoms with van der Waals surface area (Å²) >= 11 is 0. The Balaban J connectivity index is 1.80. The van der Waals surface area contributed by atoms with Crippen molar-refractivity contribution in [3.63, 3.8) is 0 Å². The number of nitrogens with one attached hydrogen (secondary N) is 1. The summed E-state index contributed by atoms with van der Waals surface area (Å²) in [5.74, 6) is 0.0454. The second-order valence-corrected chi connectivity index (χ2v) is 6.11. The lowest BCUT2D eigenvalue weighted by atomic mass is 10.2. The number of anilines is 1. The third kappa shape index (κ3) is 4.56. The number of amides is 1. The molecule has 7 nitrogen and oxygen atoms in total. The number of carbonyl (C=O) groups is 1. The van der Waals surface area contributed by atoms with Gasteiger partial charge in [0.15, 0.2) is 0 Å². The number of para-hydroxylation sites is 2. The maximum Gasteiger partial charge on any atom is 0.331 e. The van der Waals surface area contributed by atoms with E-state index >= 15 is 0 Å². The van der Waals surface area contributed by atoms with Crippen molar-refractivity contribution < 1.29 is 9.53 Å². The molecule has 0 unspecified atom stereocenters. The van der Waals surface area contributed by atoms with Gasteiger partial charge in [-0.3, -0.25) is 18.7 Å². The van der Waals surface area contributed by atoms with Crippen LogP contribution in [0.1, 0.15) is 12.5 Å². The van der Waals surface area contributed by atoms with E-state index in [1.54, 1.807) is 24.3 Å². The second-order valence-electron chi connectivity index (χ2n) is 6.11. The summed E-state index contributed by atoms with van der Waals surface area (Å²) < 4.78 is 7.79. The number of ether oxygens (including phenoxy) is 1. The molecule has 1 amide bonds. The van der Waals surface area contributed by atoms with Crippen LogP contribution in [0.2, 0.25) is 0 Å². The van der Waals surface area contributed by atoms with E-state index in [0.29, 0.717) is 24.6 Å². The molecule has 1 heterocycles. The lowest BCUT2D eigenvalue weighted by molar-refractivity contribution is -0.116. The van der Waals surface area contributed by atoms with Gasteiger partial charge in [0.1, 0.15) is 12.3 Å². The summed E-state index contributed by atoms with van der Waals surface area (Å²) in [7, 11) is 0. The number of carbonyl (C=O) groups excluding carboxylic acids is 1. The minimum absolute atomic E-state index is 0.314. The standard InChI is InChI=1S/C21H21N3O4/c1-2-28-18-11-7-6-10-17(18)22-19(25)15-24-20(26)12-13-23(21(24)27)14-16-8-4-3-5-9-16/h3-13H,2,14-15H2,1H3,(H,22,25). The van der Waals surface area contributed by atoms with Crippen LogP contribution in [-0.2, 0) is 17.9 Å². The largest absolute Gasteiger partial charge is 0.492 e. The van der Waals surface area contributed by atoms with Crippen molar-refractivity contribution in [2.45, 2.75) is 20.0 Å². The smallest absolute Gasteiger partial charge is 0.331 e. The summed E-state index contributed by atoms with van der Waals surface area (Å²) in [5, 5.41) is 2.70. The Kier molecular flexibility index (Phi) is 6.06. The first-order valence-electron chi connectivity index (χ1n) is 8.94. The molecular formula is C21H21N3O4. The van der Waals surface area contributed by atoms with Gasteiger partial charge in [0.25, 0.3) is 5.56 Å². The Morgan fingerprint density at radius 1 is 1.00 bits per heavy atom. The van der Waals surface area contributed by atoms with Crippen molar-refractivity contribution in [2.24, 2.45) is 0 Å². The lowest BCUT2D eigenvalue weighted by Gasteiger charge is -2.12. The molecule has 0 saturated carbocycles. The fourth-order valence-corrected chi connectivity index (χ4v) is 2.79. The van der Waals surface area contributed by atoms with E-state index < -0.39 is 17.2 Å². The molecule has 0 fully saturated rings. The van der Waals surface area contributed by atoms with Crippen LogP contribution in [0.25, 0.3) is 0 Å². The molecule has 0 bridgehead atoms. The Labute approximate surface area is 161 Å². The number of aromatic nitrogens is 2. The van der Waals surface area contributed by atoms with Gasteiger partial charge in [-0.15, -0.1) is 0 Å². The molecular weight excluding hydrogens is 358 g/mol. The predicted octanol–water partition coefficient (Wildman–Crippen LogP) is 2.10. The van der Waals surface area contributed by atoms with Crippen molar-refractivity contribution in [2.75, 3.05) is 11.9 Å². The fourth-order valence-electron chi connectivity index (χ4n) is 2.79. The average Bonchev–Trinajstić information content (AvgIpc) is 2.70. The van der Waals surface area contributed by atoms with Gasteiger partial charge in [-0.25, -0.2) is 4.79 Å². The van der Waals surface area contributed by atoms with Crippen molar-refractivity contribution in [3.8, 4) is 5.75 Å². The number of hydrogen-bond donors (Lipinski definition) is 1. The minimum atomic E-state index is -0.537. The maximum absolute atomic E-state index is 12.7. The molecule has 3 aromatic rings. The first-order chi connectivity index (χ1) is 13.6. The van der Waals surface area contributed by atoms with Crippen molar-refractivity contribution in [1.82, 2.24) is 9.13 Å². The first kappa shape index (κ1) is 19.2. The zero-order valence-electron chi connectivity index (χ0n) is 15.5. The third-order valence-corrected chi connectivity index (χ3v) is 4.10. The van der Waals surface area contributed by atoms with E-state index in [0.717, 1.165) is 10.1 Å². The van der Waals surface area contributed by atoms with Crippen LogP contribution in [-0.4, -0.2) is 21.6 Å². The summed E-state index contributed by atoms with van der Waals surface area (Å²) in [6, 6.07) is 17.7. The van der Waals surface area contributed by atoms with Gasteiger partial charge in [0, 0.05) is 12.3 Å². The Bertz CT molecular complexity index is 1070. The molecule has 0 spiro atoms. The molecule has 2 aromatic carbocycles. The third-order valence-electron chi connectivity index (χ3n) is 4.10. The van der Waals surface area contributed by atoms with Gasteiger partial charge in [-0.2, -0.15) is 0 Å². The summed E-state index contributed by atoms with van der Waals surface area (Å²) in [6.45, 7) is 2.23. The topological polar surface area (TPSA) is 82.3 Å². The molecule has 144 valence electrons. The number of hydrogen-bond acceptors (Lipinski definition) is 4. The normalized spacial score (nSPS) is 10.5. The quantitative estimate of drug-likeness (QED) is 0.682. The molecule has 0 atom stereocenters. The summed E-state index contributed by atoms with van der Waals surface area (Å²) in [4.78, 5) is 37.3. The highest BCUT2D eigenvalue weighted by molar-refractivity contribution is 5.92. The van der Waals surface area contributed by atoms with E-state index in [1.807, 2.05) is 37.3 Å². The SMILES string of the molecule is CCOc1ccccc1NC(=O)Cn1c(=O)ccn(Cc2ccccc2)c1=O. The van der Waals surface area contributed by atoms with Crippen LogP contribution in [0.4, 0.5) is 5.69 Å². The van der Waals surface area contributed by atoms with E-state index in [2.05, 4.69) is 5.32 Å². The highest BCUT2D eigenvalue weighted by atomic mass is 16.5. The predicted molar refractivity (Wildman–Crippen MR) is 107 cm³/mol. The molecule has 7 heteroatoms. The zero-order valence-corrected chi connectivity index (χ0v) is 15.5. The van der Waals surface area contributed by atoms with E-state index in [1.165, 1.54) is 16.8 Å². The van der Waals surface area contributed by atoms with Crippen LogP contribution in [0.3, 0.4) is 0 Å². The summed E-state index contributed by atoms with van der Waals surface area (Å²) in [6.07, 6.45) is 1.44. The molecule has 28 heavy (non-hydrogen) atoms. The van der Waals surface area contributed by atoms with Crippen molar-refractivity contribution in [3.05, 3.63) is 93.3 Å². The molecule has 3 rings (SSSR count). The number of benzene rings is 2. The number of nitrogens with zero attached hydrogens (tertiary/aromatic N) is 2. The highest BCUT2D eigenvalue weighted by Gasteiger charge is 2.12. The van der Waals surface area contributed by atoms with Crippen LogP contribution in [0.15, 0.2) is 76.4 Å². The van der Waals surface area contributed by atoms with E-state index in [-0.39, 0.29) is 6.54 Å². The van der Waals surface area contributed by atoms with Crippen molar-refractivity contribution in [1.29, 1.82) is 0 Å². The highest BCUT2D eigenvalue weighted by Crippen LogP contribution is 2.23. The maximum atomic E-state index is 12.7. The van der Waals surface area contributed by atoms with Crippen LogP contribution < -0.4 is 21.3 Å². The van der Waals surface area contributed by atoms with Crippen LogP contribution in [0, 0.1) is 0 Å². The molecule has 0 saturated heterocycles. The molecule has 1 aromatic heterocycles. The van der Waals surface area contributed by atoms with E-state index in [4.69, 9.17) is 4.74 Å². The molecule has 0 aliphatic heterocycles. The van der Waals surface area contributed by atoms with Crippen LogP contribution >= 0.6 is 0 Å². The molecule has 1 N–H and O–H groups in total. The van der Waals surface area contributed by atoms with E-state index in [9.17, 15) is 14.4 Å². The second kappa shape index (κ2) is 8.85. The van der Waals surface area contributed by atoms with Crippen molar-refractivity contribution >= 4 is 11.6 Å². The van der Waals surface area contributed by atoms with Gasteiger partial charge in [0.05, 0.1) is 18.8 Å². The average molecular weight is 379 g/mol. The van der Waals surface area contributed by atoms with Gasteiger partial charge in [0.2, 0.25) is 5.91 Å². The molecule has 0 radical (unpaired) electrons. The monoisotopic (exact) mass is 379 g/mol. The van der Waals surface area contributed by atoms with Crippen LogP contribution in [0.5, 0.6) is 5.75 Å². The fraction of sp³-hybridized carbons (Fsp3) is 0.190. The Morgan fingerprint density at radius 2 is 1.71 bits per heavy atom. The van der Waals surface area contributed by atoms with Gasteiger partial charge < -0.3 is 10.1 Å². The Hall–Kier alpha value is -3.61. The Morgan fingerprint density at radius 3 is 2.46 bits per heavy atom. The molecule has 0 aliphatic carbocycles. The first-order valence-corrected chi connectivity index (χ1v) is 8.94. The zero-order chi connectivity index (χ0) is 19.9. The summed E-state index contributed by atoms with van der Waals surface area (Å²) in [5.41, 5.74) is 0.347. The van der Waals surface area contributed by atoms with Gasteiger partial charge in [-0.05, 0) is 24.6 Å².